The summed E-state index contributed by atoms with van der Waals surface area (Å²) >= 11 is 0. The Morgan fingerprint density at radius 3 is 2.71 bits per heavy atom. The van der Waals surface area contributed by atoms with Crippen molar-refractivity contribution in [2.75, 3.05) is 13.6 Å². The zero-order valence-electron chi connectivity index (χ0n) is 11.3. The molecule has 3 unspecified atom stereocenters. The molecule has 1 amide bonds. The molecule has 4 heteroatoms. The minimum absolute atomic E-state index is 0.0552. The molecule has 0 aromatic carbocycles. The molecule has 0 bridgehead atoms. The van der Waals surface area contributed by atoms with Gasteiger partial charge in [0.2, 0.25) is 5.91 Å². The largest absolute Gasteiger partial charge is 0.391 e. The number of nitrogens with one attached hydrogen (secondary N) is 1. The summed E-state index contributed by atoms with van der Waals surface area (Å²) in [7, 11) is 1.93. The third-order valence-corrected chi connectivity index (χ3v) is 3.67. The van der Waals surface area contributed by atoms with Gasteiger partial charge in [0.15, 0.2) is 0 Å². The quantitative estimate of drug-likeness (QED) is 0.760. The highest BCUT2D eigenvalue weighted by molar-refractivity contribution is 5.78. The van der Waals surface area contributed by atoms with E-state index < -0.39 is 0 Å². The molecule has 0 aromatic rings. The van der Waals surface area contributed by atoms with E-state index in [0.29, 0.717) is 6.54 Å². The average Bonchev–Trinajstić information content (AvgIpc) is 2.29. The number of nitrogens with zero attached hydrogens (tertiary/aromatic N) is 1. The molecule has 2 N–H and O–H groups in total. The molecular formula is C13H26N2O2. The Hall–Kier alpha value is -0.610. The van der Waals surface area contributed by atoms with Gasteiger partial charge in [-0.15, -0.1) is 0 Å². The van der Waals surface area contributed by atoms with E-state index in [1.807, 2.05) is 18.9 Å². The summed E-state index contributed by atoms with van der Waals surface area (Å²) in [5, 5.41) is 12.9. The Morgan fingerprint density at radius 2 is 2.12 bits per heavy atom. The number of rotatable bonds is 5. The second kappa shape index (κ2) is 6.97. The number of hydrogen-bond donors (Lipinski definition) is 2. The first-order valence-electron chi connectivity index (χ1n) is 6.72. The second-order valence-electron chi connectivity index (χ2n) is 5.21. The molecule has 1 fully saturated rings. The number of amides is 1. The summed E-state index contributed by atoms with van der Waals surface area (Å²) in [4.78, 5) is 13.7. The highest BCUT2D eigenvalue weighted by Gasteiger charge is 2.27. The van der Waals surface area contributed by atoms with Gasteiger partial charge in [-0.3, -0.25) is 9.69 Å². The van der Waals surface area contributed by atoms with Crippen molar-refractivity contribution >= 4 is 5.91 Å². The number of hydrogen-bond acceptors (Lipinski definition) is 3. The van der Waals surface area contributed by atoms with E-state index in [2.05, 4.69) is 12.2 Å². The summed E-state index contributed by atoms with van der Waals surface area (Å²) in [6.45, 7) is 4.44. The van der Waals surface area contributed by atoms with E-state index in [1.54, 1.807) is 0 Å². The average molecular weight is 242 g/mol. The van der Waals surface area contributed by atoms with E-state index in [1.165, 1.54) is 0 Å². The van der Waals surface area contributed by atoms with Crippen molar-refractivity contribution in [3.63, 3.8) is 0 Å². The lowest BCUT2D eigenvalue weighted by Crippen LogP contribution is -2.48. The summed E-state index contributed by atoms with van der Waals surface area (Å²) < 4.78 is 0. The zero-order chi connectivity index (χ0) is 12.8. The molecule has 0 heterocycles. The van der Waals surface area contributed by atoms with Gasteiger partial charge < -0.3 is 10.4 Å². The van der Waals surface area contributed by atoms with Crippen molar-refractivity contribution in [3.05, 3.63) is 0 Å². The monoisotopic (exact) mass is 242 g/mol. The molecule has 1 aliphatic carbocycles. The Balaban J connectivity index is 2.36. The number of aliphatic hydroxyl groups is 1. The van der Waals surface area contributed by atoms with Gasteiger partial charge in [-0.1, -0.05) is 19.8 Å². The minimum atomic E-state index is -0.273. The third-order valence-electron chi connectivity index (χ3n) is 3.67. The first-order valence-corrected chi connectivity index (χ1v) is 6.72. The van der Waals surface area contributed by atoms with Gasteiger partial charge >= 0.3 is 0 Å². The van der Waals surface area contributed by atoms with Gasteiger partial charge in [0.1, 0.15) is 0 Å². The maximum absolute atomic E-state index is 11.7. The molecule has 1 rings (SSSR count). The fraction of sp³-hybridized carbons (Fsp3) is 0.923. The molecule has 3 atom stereocenters. The van der Waals surface area contributed by atoms with E-state index in [-0.39, 0.29) is 24.1 Å². The standard InChI is InChI=1S/C13H26N2O2/c1-4-10(2)14-13(17)9-15(3)11-7-5-6-8-12(11)16/h10-12,16H,4-9H2,1-3H3,(H,14,17). The van der Waals surface area contributed by atoms with Crippen LogP contribution in [-0.2, 0) is 4.79 Å². The van der Waals surface area contributed by atoms with Crippen LogP contribution in [-0.4, -0.2) is 47.7 Å². The van der Waals surface area contributed by atoms with Crippen LogP contribution < -0.4 is 5.32 Å². The van der Waals surface area contributed by atoms with E-state index in [0.717, 1.165) is 32.1 Å². The predicted molar refractivity (Wildman–Crippen MR) is 68.8 cm³/mol. The molecule has 0 aromatic heterocycles. The second-order valence-corrected chi connectivity index (χ2v) is 5.21. The van der Waals surface area contributed by atoms with Crippen molar-refractivity contribution < 1.29 is 9.90 Å². The Kier molecular flexibility index (Phi) is 5.92. The van der Waals surface area contributed by atoms with Crippen molar-refractivity contribution in [2.24, 2.45) is 0 Å². The molecule has 1 saturated carbocycles. The Morgan fingerprint density at radius 1 is 1.47 bits per heavy atom. The fourth-order valence-electron chi connectivity index (χ4n) is 2.37. The molecular weight excluding hydrogens is 216 g/mol. The third kappa shape index (κ3) is 4.64. The van der Waals surface area contributed by atoms with Crippen LogP contribution in [0.3, 0.4) is 0 Å². The van der Waals surface area contributed by atoms with Crippen molar-refractivity contribution in [1.29, 1.82) is 0 Å². The first kappa shape index (κ1) is 14.5. The van der Waals surface area contributed by atoms with Gasteiger partial charge in [0, 0.05) is 12.1 Å². The highest BCUT2D eigenvalue weighted by atomic mass is 16.3. The summed E-state index contributed by atoms with van der Waals surface area (Å²) in [6, 6.07) is 0.374. The lowest BCUT2D eigenvalue weighted by molar-refractivity contribution is -0.123. The van der Waals surface area contributed by atoms with Crippen molar-refractivity contribution in [2.45, 2.75) is 64.1 Å². The number of carbonyl (C=O) groups is 1. The lowest BCUT2D eigenvalue weighted by Gasteiger charge is -2.34. The van der Waals surface area contributed by atoms with Gasteiger partial charge in [0.05, 0.1) is 12.6 Å². The van der Waals surface area contributed by atoms with Crippen LogP contribution in [0.25, 0.3) is 0 Å². The van der Waals surface area contributed by atoms with Crippen molar-refractivity contribution in [1.82, 2.24) is 10.2 Å². The van der Waals surface area contributed by atoms with Crippen LogP contribution in [0.2, 0.25) is 0 Å². The van der Waals surface area contributed by atoms with Gasteiger partial charge in [-0.25, -0.2) is 0 Å². The van der Waals surface area contributed by atoms with Crippen molar-refractivity contribution in [3.8, 4) is 0 Å². The smallest absolute Gasteiger partial charge is 0.234 e. The molecule has 0 spiro atoms. The molecule has 0 saturated heterocycles. The van der Waals surface area contributed by atoms with E-state index >= 15 is 0 Å². The Labute approximate surface area is 104 Å². The van der Waals surface area contributed by atoms with E-state index in [4.69, 9.17) is 0 Å². The maximum atomic E-state index is 11.7. The topological polar surface area (TPSA) is 52.6 Å². The number of aliphatic hydroxyl groups excluding tert-OH is 1. The van der Waals surface area contributed by atoms with Crippen LogP contribution in [0.5, 0.6) is 0 Å². The minimum Gasteiger partial charge on any atom is -0.391 e. The fourth-order valence-corrected chi connectivity index (χ4v) is 2.37. The van der Waals surface area contributed by atoms with Gasteiger partial charge in [-0.05, 0) is 33.2 Å². The van der Waals surface area contributed by atoms with Crippen LogP contribution in [0.1, 0.15) is 46.0 Å². The van der Waals surface area contributed by atoms with E-state index in [9.17, 15) is 9.90 Å². The lowest BCUT2D eigenvalue weighted by atomic mass is 9.91. The molecule has 0 radical (unpaired) electrons. The molecule has 1 aliphatic rings. The molecule has 17 heavy (non-hydrogen) atoms. The number of likely N-dealkylation sites (N-methyl/N-ethyl adjacent to an activating group) is 1. The maximum Gasteiger partial charge on any atom is 0.234 e. The van der Waals surface area contributed by atoms with Gasteiger partial charge in [0.25, 0.3) is 0 Å². The normalized spacial score (nSPS) is 26.9. The SMILES string of the molecule is CCC(C)NC(=O)CN(C)C1CCCCC1O. The van der Waals surface area contributed by atoms with Crippen LogP contribution in [0.15, 0.2) is 0 Å². The van der Waals surface area contributed by atoms with Crippen LogP contribution >= 0.6 is 0 Å². The first-order chi connectivity index (χ1) is 8.04. The Bertz CT molecular complexity index is 246. The zero-order valence-corrected chi connectivity index (χ0v) is 11.3. The summed E-state index contributed by atoms with van der Waals surface area (Å²) in [5.41, 5.74) is 0. The van der Waals surface area contributed by atoms with Crippen LogP contribution in [0, 0.1) is 0 Å². The summed E-state index contributed by atoms with van der Waals surface area (Å²) in [6.07, 6.45) is 4.78. The summed E-state index contributed by atoms with van der Waals surface area (Å²) in [5.74, 6) is 0.0552. The van der Waals surface area contributed by atoms with Gasteiger partial charge in [-0.2, -0.15) is 0 Å². The molecule has 4 nitrogen and oxygen atoms in total. The predicted octanol–water partition coefficient (Wildman–Crippen LogP) is 1.14. The molecule has 100 valence electrons. The highest BCUT2D eigenvalue weighted by Crippen LogP contribution is 2.22. The molecule has 0 aliphatic heterocycles. The number of carbonyl (C=O) groups excluding carboxylic acids is 1. The van der Waals surface area contributed by atoms with Crippen LogP contribution in [0.4, 0.5) is 0 Å².